The van der Waals surface area contributed by atoms with Gasteiger partial charge in [0, 0.05) is 50.5 Å². The minimum absolute atomic E-state index is 0.254. The molecule has 1 atom stereocenters. The lowest BCUT2D eigenvalue weighted by Gasteiger charge is -2.31. The van der Waals surface area contributed by atoms with E-state index in [9.17, 15) is 4.79 Å². The number of amides is 1. The Morgan fingerprint density at radius 1 is 1.25 bits per heavy atom. The van der Waals surface area contributed by atoms with E-state index in [1.165, 1.54) is 5.56 Å². The van der Waals surface area contributed by atoms with Crippen LogP contribution in [0.4, 0.5) is 0 Å². The number of aromatic amines is 1. The number of imidazole rings is 1. The molecule has 5 heteroatoms. The molecule has 1 amide bonds. The largest absolute Gasteiger partial charge is 0.345 e. The summed E-state index contributed by atoms with van der Waals surface area (Å²) in [4.78, 5) is 24.7. The van der Waals surface area contributed by atoms with Crippen LogP contribution in [0.25, 0.3) is 0 Å². The maximum absolute atomic E-state index is 12.7. The van der Waals surface area contributed by atoms with E-state index < -0.39 is 0 Å². The van der Waals surface area contributed by atoms with Crippen LogP contribution in [0.2, 0.25) is 0 Å². The lowest BCUT2D eigenvalue weighted by atomic mass is 10.1. The van der Waals surface area contributed by atoms with Gasteiger partial charge in [-0.15, -0.1) is 0 Å². The first-order valence-corrected chi connectivity index (χ1v) is 8.72. The van der Waals surface area contributed by atoms with Gasteiger partial charge in [0.2, 0.25) is 5.91 Å². The predicted octanol–water partition coefficient (Wildman–Crippen LogP) is 2.73. The van der Waals surface area contributed by atoms with Crippen molar-refractivity contribution >= 4 is 5.91 Å². The minimum Gasteiger partial charge on any atom is -0.345 e. The topological polar surface area (TPSA) is 52.2 Å². The highest BCUT2D eigenvalue weighted by Crippen LogP contribution is 2.19. The summed E-state index contributed by atoms with van der Waals surface area (Å²) in [5, 5.41) is 0. The molecule has 3 rings (SSSR count). The van der Waals surface area contributed by atoms with E-state index in [2.05, 4.69) is 38.8 Å². The zero-order valence-electron chi connectivity index (χ0n) is 14.5. The van der Waals surface area contributed by atoms with Crippen molar-refractivity contribution in [2.75, 3.05) is 13.1 Å². The summed E-state index contributed by atoms with van der Waals surface area (Å²) in [7, 11) is 0. The van der Waals surface area contributed by atoms with E-state index in [1.54, 1.807) is 0 Å². The third-order valence-corrected chi connectivity index (χ3v) is 4.69. The second kappa shape index (κ2) is 7.62. The predicted molar refractivity (Wildman–Crippen MR) is 94.3 cm³/mol. The summed E-state index contributed by atoms with van der Waals surface area (Å²) in [5.74, 6) is 1.20. The van der Waals surface area contributed by atoms with Crippen LogP contribution >= 0.6 is 0 Å². The molecule has 0 bridgehead atoms. The van der Waals surface area contributed by atoms with E-state index in [0.29, 0.717) is 13.0 Å². The molecule has 0 saturated carbocycles. The van der Waals surface area contributed by atoms with E-state index in [0.717, 1.165) is 37.6 Å². The van der Waals surface area contributed by atoms with Gasteiger partial charge in [-0.05, 0) is 18.9 Å². The van der Waals surface area contributed by atoms with Crippen molar-refractivity contribution in [3.8, 4) is 0 Å². The van der Waals surface area contributed by atoms with Crippen molar-refractivity contribution in [1.82, 2.24) is 19.8 Å². The fraction of sp³-hybridized carbons (Fsp3) is 0.474. The number of nitrogens with zero attached hydrogens (tertiary/aromatic N) is 3. The molecular weight excluding hydrogens is 300 g/mol. The van der Waals surface area contributed by atoms with Gasteiger partial charge in [-0.3, -0.25) is 9.69 Å². The Kier molecular flexibility index (Phi) is 5.30. The monoisotopic (exact) mass is 326 g/mol. The van der Waals surface area contributed by atoms with Crippen LogP contribution in [0.5, 0.6) is 0 Å². The number of H-pyrrole nitrogens is 1. The van der Waals surface area contributed by atoms with E-state index in [1.807, 2.05) is 31.3 Å². The van der Waals surface area contributed by atoms with Crippen LogP contribution in [-0.4, -0.2) is 44.8 Å². The zero-order chi connectivity index (χ0) is 16.9. The summed E-state index contributed by atoms with van der Waals surface area (Å²) in [6, 6.07) is 10.5. The Balaban J connectivity index is 1.71. The number of rotatable bonds is 5. The van der Waals surface area contributed by atoms with Crippen LogP contribution < -0.4 is 0 Å². The number of carbonyl (C=O) groups is 1. The first-order valence-electron chi connectivity index (χ1n) is 8.72. The number of aryl methyl sites for hydroxylation is 1. The molecule has 24 heavy (non-hydrogen) atoms. The normalized spacial score (nSPS) is 19.5. The fourth-order valence-electron chi connectivity index (χ4n) is 3.37. The molecule has 0 radical (unpaired) electrons. The van der Waals surface area contributed by atoms with Gasteiger partial charge < -0.3 is 9.88 Å². The Labute approximate surface area is 143 Å². The highest BCUT2D eigenvalue weighted by Gasteiger charge is 2.28. The molecule has 1 aromatic heterocycles. The van der Waals surface area contributed by atoms with E-state index >= 15 is 0 Å². The SMILES string of the molecule is CC[C@@H]1CN(Cc2cnc(C)[nH]2)CCC(=O)N1Cc1ccccc1. The average Bonchev–Trinajstić information content (AvgIpc) is 2.94. The standard InChI is InChI=1S/C19H26N4O/c1-3-18-14-22(13-17-11-20-15(2)21-17)10-9-19(24)23(18)12-16-7-5-4-6-8-16/h4-8,11,18H,3,9-10,12-14H2,1-2H3,(H,20,21)/t18-/m1/s1. The smallest absolute Gasteiger partial charge is 0.224 e. The van der Waals surface area contributed by atoms with Gasteiger partial charge in [-0.25, -0.2) is 4.98 Å². The molecule has 1 N–H and O–H groups in total. The minimum atomic E-state index is 0.254. The van der Waals surface area contributed by atoms with Gasteiger partial charge in [0.15, 0.2) is 0 Å². The molecule has 1 aliphatic rings. The number of nitrogens with one attached hydrogen (secondary N) is 1. The number of carbonyl (C=O) groups excluding carboxylic acids is 1. The van der Waals surface area contributed by atoms with Crippen LogP contribution in [0, 0.1) is 6.92 Å². The molecule has 128 valence electrons. The second-order valence-electron chi connectivity index (χ2n) is 6.55. The molecule has 5 nitrogen and oxygen atoms in total. The number of hydrogen-bond donors (Lipinski definition) is 1. The summed E-state index contributed by atoms with van der Waals surface area (Å²) in [6.45, 7) is 7.37. The molecule has 1 fully saturated rings. The van der Waals surface area contributed by atoms with Crippen molar-refractivity contribution in [2.24, 2.45) is 0 Å². The van der Waals surface area contributed by atoms with Crippen LogP contribution in [0.3, 0.4) is 0 Å². The van der Waals surface area contributed by atoms with Gasteiger partial charge >= 0.3 is 0 Å². The van der Waals surface area contributed by atoms with Crippen LogP contribution in [0.1, 0.15) is 36.8 Å². The quantitative estimate of drug-likeness (QED) is 0.919. The lowest BCUT2D eigenvalue weighted by Crippen LogP contribution is -2.42. The Hall–Kier alpha value is -2.14. The Morgan fingerprint density at radius 2 is 2.04 bits per heavy atom. The van der Waals surface area contributed by atoms with Gasteiger partial charge in [0.25, 0.3) is 0 Å². The summed E-state index contributed by atoms with van der Waals surface area (Å²) in [5.41, 5.74) is 2.31. The average molecular weight is 326 g/mol. The lowest BCUT2D eigenvalue weighted by molar-refractivity contribution is -0.133. The van der Waals surface area contributed by atoms with Gasteiger partial charge in [0.05, 0.1) is 0 Å². The number of aromatic nitrogens is 2. The summed E-state index contributed by atoms with van der Waals surface area (Å²) < 4.78 is 0. The molecule has 0 spiro atoms. The number of benzene rings is 1. The third-order valence-electron chi connectivity index (χ3n) is 4.69. The summed E-state index contributed by atoms with van der Waals surface area (Å²) >= 11 is 0. The van der Waals surface area contributed by atoms with E-state index in [4.69, 9.17) is 0 Å². The van der Waals surface area contributed by atoms with Crippen molar-refractivity contribution in [1.29, 1.82) is 0 Å². The molecule has 2 heterocycles. The van der Waals surface area contributed by atoms with E-state index in [-0.39, 0.29) is 11.9 Å². The van der Waals surface area contributed by atoms with Crippen molar-refractivity contribution in [2.45, 2.75) is 45.8 Å². The molecule has 1 aromatic carbocycles. The first-order chi connectivity index (χ1) is 11.7. The summed E-state index contributed by atoms with van der Waals surface area (Å²) in [6.07, 6.45) is 3.44. The van der Waals surface area contributed by atoms with Crippen molar-refractivity contribution in [3.05, 3.63) is 53.6 Å². The molecule has 1 saturated heterocycles. The molecule has 0 aliphatic carbocycles. The van der Waals surface area contributed by atoms with Crippen molar-refractivity contribution < 1.29 is 4.79 Å². The van der Waals surface area contributed by atoms with Crippen LogP contribution in [-0.2, 0) is 17.9 Å². The second-order valence-corrected chi connectivity index (χ2v) is 6.55. The van der Waals surface area contributed by atoms with Crippen molar-refractivity contribution in [3.63, 3.8) is 0 Å². The highest BCUT2D eigenvalue weighted by molar-refractivity contribution is 5.77. The van der Waals surface area contributed by atoms with Gasteiger partial charge in [-0.1, -0.05) is 37.3 Å². The van der Waals surface area contributed by atoms with Gasteiger partial charge in [-0.2, -0.15) is 0 Å². The zero-order valence-corrected chi connectivity index (χ0v) is 14.5. The highest BCUT2D eigenvalue weighted by atomic mass is 16.2. The molecule has 1 aliphatic heterocycles. The molecule has 2 aromatic rings. The Morgan fingerprint density at radius 3 is 2.71 bits per heavy atom. The first kappa shape index (κ1) is 16.7. The maximum Gasteiger partial charge on any atom is 0.224 e. The third kappa shape index (κ3) is 4.03. The van der Waals surface area contributed by atoms with Crippen LogP contribution in [0.15, 0.2) is 36.5 Å². The molecule has 0 unspecified atom stereocenters. The molecular formula is C19H26N4O. The number of hydrogen-bond acceptors (Lipinski definition) is 3. The maximum atomic E-state index is 12.7. The van der Waals surface area contributed by atoms with Gasteiger partial charge in [0.1, 0.15) is 5.82 Å². The Bertz CT molecular complexity index is 667. The fourth-order valence-corrected chi connectivity index (χ4v) is 3.37.